The highest BCUT2D eigenvalue weighted by Gasteiger charge is 2.14. The Bertz CT molecular complexity index is 1040. The molecule has 9 heteroatoms. The van der Waals surface area contributed by atoms with E-state index in [0.717, 1.165) is 22.5 Å². The van der Waals surface area contributed by atoms with Crippen LogP contribution in [0.2, 0.25) is 5.02 Å². The van der Waals surface area contributed by atoms with Gasteiger partial charge in [-0.1, -0.05) is 29.8 Å². The Morgan fingerprint density at radius 3 is 2.72 bits per heavy atom. The summed E-state index contributed by atoms with van der Waals surface area (Å²) < 4.78 is 6.90. The highest BCUT2D eigenvalue weighted by Crippen LogP contribution is 2.18. The van der Waals surface area contributed by atoms with Crippen molar-refractivity contribution in [1.82, 2.24) is 20.5 Å². The standard InChI is InChI=1S/C20H20ClN5O3/c1-13-17(14(2)26(25-13)12-15-6-3-4-8-18(15)21)11-23-24-20(28)19(27)22-10-16-7-5-9-29-16/h3-9,11H,10,12H2,1-2H3,(H,22,27)(H,24,28)/b23-11-. The monoisotopic (exact) mass is 413 g/mol. The number of aryl methyl sites for hydroxylation is 1. The number of hydrogen-bond acceptors (Lipinski definition) is 5. The van der Waals surface area contributed by atoms with Crippen LogP contribution in [-0.2, 0) is 22.7 Å². The van der Waals surface area contributed by atoms with Gasteiger partial charge in [0.25, 0.3) is 0 Å². The number of hydrazone groups is 1. The minimum Gasteiger partial charge on any atom is -0.467 e. The fraction of sp³-hybridized carbons (Fsp3) is 0.200. The van der Waals surface area contributed by atoms with E-state index in [9.17, 15) is 9.59 Å². The number of furan rings is 1. The van der Waals surface area contributed by atoms with Crippen molar-refractivity contribution in [2.75, 3.05) is 0 Å². The van der Waals surface area contributed by atoms with Crippen LogP contribution in [0.5, 0.6) is 0 Å². The Morgan fingerprint density at radius 1 is 1.21 bits per heavy atom. The van der Waals surface area contributed by atoms with Crippen molar-refractivity contribution in [1.29, 1.82) is 0 Å². The molecule has 8 nitrogen and oxygen atoms in total. The summed E-state index contributed by atoms with van der Waals surface area (Å²) in [6.45, 7) is 4.38. The minimum absolute atomic E-state index is 0.121. The SMILES string of the molecule is Cc1nn(Cc2ccccc2Cl)c(C)c1/C=N\NC(=O)C(=O)NCc1ccco1. The van der Waals surface area contributed by atoms with E-state index in [1.54, 1.807) is 12.1 Å². The summed E-state index contributed by atoms with van der Waals surface area (Å²) in [6, 6.07) is 11.0. The summed E-state index contributed by atoms with van der Waals surface area (Å²) in [6.07, 6.45) is 2.96. The van der Waals surface area contributed by atoms with E-state index in [1.807, 2.05) is 42.8 Å². The van der Waals surface area contributed by atoms with E-state index >= 15 is 0 Å². The molecule has 0 saturated carbocycles. The van der Waals surface area contributed by atoms with Crippen molar-refractivity contribution < 1.29 is 14.0 Å². The molecule has 0 aliphatic rings. The quantitative estimate of drug-likeness (QED) is 0.368. The van der Waals surface area contributed by atoms with E-state index in [4.69, 9.17) is 16.0 Å². The second-order valence-electron chi connectivity index (χ2n) is 6.29. The average molecular weight is 414 g/mol. The zero-order valence-corrected chi connectivity index (χ0v) is 16.7. The lowest BCUT2D eigenvalue weighted by atomic mass is 10.2. The van der Waals surface area contributed by atoms with Crippen molar-refractivity contribution in [3.63, 3.8) is 0 Å². The van der Waals surface area contributed by atoms with Crippen molar-refractivity contribution >= 4 is 29.6 Å². The summed E-state index contributed by atoms with van der Waals surface area (Å²) in [5.74, 6) is -1.13. The van der Waals surface area contributed by atoms with E-state index in [2.05, 4.69) is 20.9 Å². The number of amides is 2. The van der Waals surface area contributed by atoms with Crippen molar-refractivity contribution in [3.05, 3.63) is 76.0 Å². The summed E-state index contributed by atoms with van der Waals surface area (Å²) in [5, 5.41) is 11.5. The van der Waals surface area contributed by atoms with Gasteiger partial charge in [0.2, 0.25) is 0 Å². The Kier molecular flexibility index (Phi) is 6.46. The third kappa shape index (κ3) is 5.11. The molecule has 2 heterocycles. The van der Waals surface area contributed by atoms with Crippen LogP contribution in [0.25, 0.3) is 0 Å². The molecule has 3 aromatic rings. The van der Waals surface area contributed by atoms with Gasteiger partial charge in [-0.15, -0.1) is 0 Å². The first-order valence-corrected chi connectivity index (χ1v) is 9.24. The lowest BCUT2D eigenvalue weighted by Crippen LogP contribution is -2.37. The highest BCUT2D eigenvalue weighted by molar-refractivity contribution is 6.35. The van der Waals surface area contributed by atoms with Gasteiger partial charge >= 0.3 is 11.8 Å². The number of nitrogens with one attached hydrogen (secondary N) is 2. The maximum atomic E-state index is 11.8. The molecule has 0 aliphatic heterocycles. The number of hydrogen-bond donors (Lipinski definition) is 2. The van der Waals surface area contributed by atoms with Crippen LogP contribution in [0.3, 0.4) is 0 Å². The first-order chi connectivity index (χ1) is 14.0. The molecule has 0 radical (unpaired) electrons. The van der Waals surface area contributed by atoms with Crippen LogP contribution in [0, 0.1) is 13.8 Å². The third-order valence-corrected chi connectivity index (χ3v) is 4.65. The first-order valence-electron chi connectivity index (χ1n) is 8.86. The Morgan fingerprint density at radius 2 is 2.00 bits per heavy atom. The molecule has 0 saturated heterocycles. The van der Waals surface area contributed by atoms with Gasteiger partial charge in [-0.3, -0.25) is 14.3 Å². The Balaban J connectivity index is 1.60. The Labute approximate surface area is 172 Å². The summed E-state index contributed by atoms with van der Waals surface area (Å²) in [7, 11) is 0. The summed E-state index contributed by atoms with van der Waals surface area (Å²) in [5.41, 5.74) is 5.53. The molecular weight excluding hydrogens is 394 g/mol. The number of benzene rings is 1. The van der Waals surface area contributed by atoms with Crippen molar-refractivity contribution in [2.45, 2.75) is 26.9 Å². The van der Waals surface area contributed by atoms with Gasteiger partial charge in [0, 0.05) is 16.3 Å². The molecule has 0 aliphatic carbocycles. The van der Waals surface area contributed by atoms with E-state index in [0.29, 0.717) is 17.3 Å². The molecule has 3 rings (SSSR count). The Hall–Kier alpha value is -3.39. The van der Waals surface area contributed by atoms with Crippen LogP contribution in [0.1, 0.15) is 28.3 Å². The molecule has 29 heavy (non-hydrogen) atoms. The summed E-state index contributed by atoms with van der Waals surface area (Å²) >= 11 is 6.22. The van der Waals surface area contributed by atoms with Crippen LogP contribution in [0.15, 0.2) is 52.2 Å². The van der Waals surface area contributed by atoms with E-state index < -0.39 is 11.8 Å². The predicted octanol–water partition coefficient (Wildman–Crippen LogP) is 2.56. The lowest BCUT2D eigenvalue weighted by molar-refractivity contribution is -0.139. The molecule has 2 amide bonds. The van der Waals surface area contributed by atoms with Crippen molar-refractivity contribution in [2.24, 2.45) is 5.10 Å². The molecule has 0 atom stereocenters. The van der Waals surface area contributed by atoms with Gasteiger partial charge in [-0.25, -0.2) is 5.43 Å². The lowest BCUT2D eigenvalue weighted by Gasteiger charge is -2.06. The van der Waals surface area contributed by atoms with Gasteiger partial charge in [0.1, 0.15) is 5.76 Å². The van der Waals surface area contributed by atoms with Gasteiger partial charge in [-0.05, 0) is 37.6 Å². The fourth-order valence-corrected chi connectivity index (χ4v) is 2.90. The normalized spacial score (nSPS) is 11.0. The molecule has 0 spiro atoms. The van der Waals surface area contributed by atoms with Gasteiger partial charge < -0.3 is 9.73 Å². The van der Waals surface area contributed by atoms with Crippen LogP contribution < -0.4 is 10.7 Å². The van der Waals surface area contributed by atoms with E-state index in [1.165, 1.54) is 12.5 Å². The zero-order valence-electron chi connectivity index (χ0n) is 16.0. The molecular formula is C20H20ClN5O3. The number of rotatable bonds is 6. The van der Waals surface area contributed by atoms with Gasteiger partial charge in [-0.2, -0.15) is 10.2 Å². The van der Waals surface area contributed by atoms with E-state index in [-0.39, 0.29) is 6.54 Å². The van der Waals surface area contributed by atoms with Crippen LogP contribution in [0.4, 0.5) is 0 Å². The predicted molar refractivity (Wildman–Crippen MR) is 109 cm³/mol. The second-order valence-corrected chi connectivity index (χ2v) is 6.70. The molecule has 0 bridgehead atoms. The number of aromatic nitrogens is 2. The molecule has 2 N–H and O–H groups in total. The number of carbonyl (C=O) groups excluding carboxylic acids is 2. The van der Waals surface area contributed by atoms with Crippen LogP contribution >= 0.6 is 11.6 Å². The molecule has 0 fully saturated rings. The maximum Gasteiger partial charge on any atom is 0.329 e. The maximum absolute atomic E-state index is 11.8. The molecule has 2 aromatic heterocycles. The topological polar surface area (TPSA) is 102 Å². The van der Waals surface area contributed by atoms with Gasteiger partial charge in [0.05, 0.1) is 31.3 Å². The minimum atomic E-state index is -0.869. The molecule has 0 unspecified atom stereocenters. The first kappa shape index (κ1) is 20.3. The largest absolute Gasteiger partial charge is 0.467 e. The number of nitrogens with zero attached hydrogens (tertiary/aromatic N) is 3. The molecule has 150 valence electrons. The third-order valence-electron chi connectivity index (χ3n) is 4.28. The number of carbonyl (C=O) groups is 2. The highest BCUT2D eigenvalue weighted by atomic mass is 35.5. The fourth-order valence-electron chi connectivity index (χ4n) is 2.71. The average Bonchev–Trinajstić information content (AvgIpc) is 3.31. The zero-order chi connectivity index (χ0) is 20.8. The number of halogens is 1. The smallest absolute Gasteiger partial charge is 0.329 e. The molecule has 1 aromatic carbocycles. The van der Waals surface area contributed by atoms with Crippen LogP contribution in [-0.4, -0.2) is 27.8 Å². The van der Waals surface area contributed by atoms with Gasteiger partial charge in [0.15, 0.2) is 0 Å². The van der Waals surface area contributed by atoms with Crippen molar-refractivity contribution in [3.8, 4) is 0 Å². The second kappa shape index (κ2) is 9.20. The summed E-state index contributed by atoms with van der Waals surface area (Å²) in [4.78, 5) is 23.6.